The van der Waals surface area contributed by atoms with Crippen LogP contribution >= 0.6 is 0 Å². The number of aldehydes is 1. The Morgan fingerprint density at radius 3 is 2.86 bits per heavy atom. The molecule has 0 saturated heterocycles. The van der Waals surface area contributed by atoms with Crippen LogP contribution in [0.15, 0.2) is 24.3 Å². The molecule has 0 aliphatic carbocycles. The van der Waals surface area contributed by atoms with Crippen LogP contribution in [0, 0.1) is 6.92 Å². The lowest BCUT2D eigenvalue weighted by molar-refractivity contribution is 0.112. The minimum atomic E-state index is -0.212. The highest BCUT2D eigenvalue weighted by Crippen LogP contribution is 2.20. The van der Waals surface area contributed by atoms with Crippen LogP contribution in [-0.2, 0) is 0 Å². The Morgan fingerprint density at radius 2 is 2.14 bits per heavy atom. The van der Waals surface area contributed by atoms with Crippen LogP contribution in [0.1, 0.15) is 15.9 Å². The molecule has 1 aromatic carbocycles. The van der Waals surface area contributed by atoms with Crippen LogP contribution < -0.4 is 0 Å². The van der Waals surface area contributed by atoms with Gasteiger partial charge in [-0.05, 0) is 25.1 Å². The lowest BCUT2D eigenvalue weighted by Gasteiger charge is -2.01. The Balaban J connectivity index is 2.79. The summed E-state index contributed by atoms with van der Waals surface area (Å²) in [6.45, 7) is 1.97. The zero-order valence-corrected chi connectivity index (χ0v) is 7.69. The Labute approximate surface area is 81.0 Å². The summed E-state index contributed by atoms with van der Waals surface area (Å²) in [7, 11) is 0. The number of rotatable bonds is 1. The Morgan fingerprint density at radius 1 is 1.36 bits per heavy atom. The minimum absolute atomic E-state index is 0.212. The van der Waals surface area contributed by atoms with E-state index < -0.39 is 0 Å². The summed E-state index contributed by atoms with van der Waals surface area (Å²) in [5, 5.41) is 10.2. The van der Waals surface area contributed by atoms with Gasteiger partial charge in [-0.3, -0.25) is 4.79 Å². The maximum Gasteiger partial charge on any atom is 0.222 e. The average Bonchev–Trinajstić information content (AvgIpc) is 2.17. The van der Waals surface area contributed by atoms with Crippen molar-refractivity contribution in [1.29, 1.82) is 0 Å². The predicted molar refractivity (Wildman–Crippen MR) is 53.5 cm³/mol. The van der Waals surface area contributed by atoms with Gasteiger partial charge in [-0.1, -0.05) is 11.6 Å². The molecule has 0 unspecified atom stereocenters. The van der Waals surface area contributed by atoms with Gasteiger partial charge in [-0.2, -0.15) is 0 Å². The summed E-state index contributed by atoms with van der Waals surface area (Å²) < 4.78 is 0. The molecule has 0 aliphatic heterocycles. The number of pyridine rings is 1. The predicted octanol–water partition coefficient (Wildman–Crippen LogP) is 2.06. The fourth-order valence-electron chi connectivity index (χ4n) is 1.39. The van der Waals surface area contributed by atoms with E-state index in [1.807, 2.05) is 25.1 Å². The first-order chi connectivity index (χ1) is 6.70. The Kier molecular flexibility index (Phi) is 1.93. The summed E-state index contributed by atoms with van der Waals surface area (Å²) in [5.41, 5.74) is 2.02. The van der Waals surface area contributed by atoms with Crippen molar-refractivity contribution in [3.8, 4) is 5.88 Å². The molecule has 3 nitrogen and oxygen atoms in total. The topological polar surface area (TPSA) is 50.2 Å². The van der Waals surface area contributed by atoms with Crippen molar-refractivity contribution in [3.63, 3.8) is 0 Å². The van der Waals surface area contributed by atoms with Gasteiger partial charge in [0.1, 0.15) is 0 Å². The fraction of sp³-hybridized carbons (Fsp3) is 0.0909. The second-order valence-electron chi connectivity index (χ2n) is 3.22. The first kappa shape index (κ1) is 8.69. The van der Waals surface area contributed by atoms with E-state index in [1.165, 1.54) is 0 Å². The molecule has 70 valence electrons. The summed E-state index contributed by atoms with van der Waals surface area (Å²) in [4.78, 5) is 14.5. The zero-order chi connectivity index (χ0) is 10.1. The van der Waals surface area contributed by atoms with Crippen molar-refractivity contribution in [2.75, 3.05) is 0 Å². The molecular weight excluding hydrogens is 178 g/mol. The zero-order valence-electron chi connectivity index (χ0n) is 7.69. The lowest BCUT2D eigenvalue weighted by atomic mass is 10.1. The molecule has 0 atom stereocenters. The number of hydrogen-bond donors (Lipinski definition) is 1. The van der Waals surface area contributed by atoms with Crippen LogP contribution in [0.3, 0.4) is 0 Å². The van der Waals surface area contributed by atoms with Gasteiger partial charge in [0.2, 0.25) is 5.88 Å². The SMILES string of the molecule is Cc1ccc2nc(O)c(C=O)cc2c1. The number of carbonyl (C=O) groups excluding carboxylic acids is 1. The van der Waals surface area contributed by atoms with Crippen LogP contribution in [0.2, 0.25) is 0 Å². The van der Waals surface area contributed by atoms with Crippen molar-refractivity contribution in [1.82, 2.24) is 4.98 Å². The third-order valence-corrected chi connectivity index (χ3v) is 2.11. The van der Waals surface area contributed by atoms with Crippen molar-refractivity contribution in [2.45, 2.75) is 6.92 Å². The molecule has 14 heavy (non-hydrogen) atoms. The molecule has 0 amide bonds. The van der Waals surface area contributed by atoms with Crippen molar-refractivity contribution >= 4 is 17.2 Å². The van der Waals surface area contributed by atoms with Gasteiger partial charge in [0.05, 0.1) is 11.1 Å². The molecule has 0 spiro atoms. The number of nitrogens with zero attached hydrogens (tertiary/aromatic N) is 1. The molecule has 1 heterocycles. The number of aromatic hydroxyl groups is 1. The van der Waals surface area contributed by atoms with Crippen LogP contribution in [0.5, 0.6) is 5.88 Å². The van der Waals surface area contributed by atoms with Crippen molar-refractivity contribution < 1.29 is 9.90 Å². The fourth-order valence-corrected chi connectivity index (χ4v) is 1.39. The summed E-state index contributed by atoms with van der Waals surface area (Å²) in [6.07, 6.45) is 0.601. The number of benzene rings is 1. The van der Waals surface area contributed by atoms with E-state index in [4.69, 9.17) is 0 Å². The molecule has 1 aromatic heterocycles. The molecule has 3 heteroatoms. The minimum Gasteiger partial charge on any atom is -0.493 e. The second-order valence-corrected chi connectivity index (χ2v) is 3.22. The van der Waals surface area contributed by atoms with Gasteiger partial charge >= 0.3 is 0 Å². The monoisotopic (exact) mass is 187 g/mol. The number of fused-ring (bicyclic) bond motifs is 1. The summed E-state index contributed by atoms with van der Waals surface area (Å²) >= 11 is 0. The molecule has 0 fully saturated rings. The molecule has 0 radical (unpaired) electrons. The highest BCUT2D eigenvalue weighted by Gasteiger charge is 2.04. The summed E-state index contributed by atoms with van der Waals surface area (Å²) in [5.74, 6) is -0.212. The standard InChI is InChI=1S/C11H9NO2/c1-7-2-3-10-8(4-7)5-9(6-13)11(14)12-10/h2-6H,1H3,(H,12,14). The Bertz CT molecular complexity index is 506. The van der Waals surface area contributed by atoms with E-state index >= 15 is 0 Å². The largest absolute Gasteiger partial charge is 0.493 e. The molecule has 2 rings (SSSR count). The van der Waals surface area contributed by atoms with E-state index in [9.17, 15) is 9.90 Å². The number of carbonyl (C=O) groups is 1. The van der Waals surface area contributed by atoms with Crippen LogP contribution in [0.4, 0.5) is 0 Å². The molecule has 0 bridgehead atoms. The van der Waals surface area contributed by atoms with Crippen molar-refractivity contribution in [3.05, 3.63) is 35.4 Å². The van der Waals surface area contributed by atoms with Gasteiger partial charge in [-0.15, -0.1) is 0 Å². The first-order valence-corrected chi connectivity index (χ1v) is 4.26. The van der Waals surface area contributed by atoms with Gasteiger partial charge in [0.25, 0.3) is 0 Å². The number of hydrogen-bond acceptors (Lipinski definition) is 3. The first-order valence-electron chi connectivity index (χ1n) is 4.26. The molecule has 0 saturated carbocycles. The maximum absolute atomic E-state index is 10.6. The third-order valence-electron chi connectivity index (χ3n) is 2.11. The normalized spacial score (nSPS) is 10.4. The van der Waals surface area contributed by atoms with Crippen molar-refractivity contribution in [2.24, 2.45) is 0 Å². The average molecular weight is 187 g/mol. The van der Waals surface area contributed by atoms with E-state index in [0.717, 1.165) is 10.9 Å². The smallest absolute Gasteiger partial charge is 0.222 e. The molecule has 0 aliphatic rings. The van der Waals surface area contributed by atoms with E-state index in [1.54, 1.807) is 6.07 Å². The van der Waals surface area contributed by atoms with Crippen LogP contribution in [0.25, 0.3) is 10.9 Å². The molecule has 2 aromatic rings. The summed E-state index contributed by atoms with van der Waals surface area (Å²) in [6, 6.07) is 7.29. The highest BCUT2D eigenvalue weighted by atomic mass is 16.3. The lowest BCUT2D eigenvalue weighted by Crippen LogP contribution is -1.87. The van der Waals surface area contributed by atoms with E-state index in [0.29, 0.717) is 11.8 Å². The molecular formula is C11H9NO2. The maximum atomic E-state index is 10.6. The van der Waals surface area contributed by atoms with Gasteiger partial charge in [-0.25, -0.2) is 4.98 Å². The van der Waals surface area contributed by atoms with Gasteiger partial charge < -0.3 is 5.11 Å². The molecule has 1 N–H and O–H groups in total. The second kappa shape index (κ2) is 3.10. The quantitative estimate of drug-likeness (QED) is 0.695. The van der Waals surface area contributed by atoms with E-state index in [-0.39, 0.29) is 11.4 Å². The third kappa shape index (κ3) is 1.33. The number of aromatic nitrogens is 1. The number of aryl methyl sites for hydroxylation is 1. The van der Waals surface area contributed by atoms with E-state index in [2.05, 4.69) is 4.98 Å². The van der Waals surface area contributed by atoms with Crippen LogP contribution in [-0.4, -0.2) is 16.4 Å². The Hall–Kier alpha value is -1.90. The van der Waals surface area contributed by atoms with Gasteiger partial charge in [0.15, 0.2) is 6.29 Å². The highest BCUT2D eigenvalue weighted by molar-refractivity contribution is 5.88. The van der Waals surface area contributed by atoms with Gasteiger partial charge in [0, 0.05) is 5.39 Å².